The van der Waals surface area contributed by atoms with Gasteiger partial charge in [-0.25, -0.2) is 0 Å². The highest BCUT2D eigenvalue weighted by Crippen LogP contribution is 2.59. The molecule has 0 unspecified atom stereocenters. The summed E-state index contributed by atoms with van der Waals surface area (Å²) in [5, 5.41) is 2.98. The molecule has 1 heterocycles. The molecule has 21 heavy (non-hydrogen) atoms. The van der Waals surface area contributed by atoms with Gasteiger partial charge in [-0.15, -0.1) is 0 Å². The van der Waals surface area contributed by atoms with E-state index < -0.39 is 0 Å². The molecule has 1 N–H and O–H groups in total. The zero-order valence-electron chi connectivity index (χ0n) is 11.4. The molecule has 0 radical (unpaired) electrons. The summed E-state index contributed by atoms with van der Waals surface area (Å²) in [6.07, 6.45) is 0.895. The number of hydrogen-bond acceptors (Lipinski definition) is 3. The third-order valence-electron chi connectivity index (χ3n) is 5.14. The Hall–Kier alpha value is -1.36. The minimum atomic E-state index is -0.241. The van der Waals surface area contributed by atoms with Crippen molar-refractivity contribution < 1.29 is 14.3 Å². The average molecular weight is 350 g/mol. The van der Waals surface area contributed by atoms with Gasteiger partial charge in [0.1, 0.15) is 6.10 Å². The molecule has 1 amide bonds. The van der Waals surface area contributed by atoms with Crippen molar-refractivity contribution in [1.29, 1.82) is 0 Å². The topological polar surface area (TPSA) is 55.4 Å². The molecule has 0 spiro atoms. The first kappa shape index (κ1) is 13.3. The van der Waals surface area contributed by atoms with E-state index in [9.17, 15) is 9.59 Å². The minimum Gasteiger partial charge on any atom is -0.461 e. The summed E-state index contributed by atoms with van der Waals surface area (Å²) < 4.78 is 5.43. The Balaban J connectivity index is 1.49. The number of hydrogen-bond donors (Lipinski definition) is 1. The summed E-state index contributed by atoms with van der Waals surface area (Å²) in [5.74, 6) is -0.238. The molecule has 1 aliphatic heterocycles. The Bertz CT molecular complexity index is 590. The van der Waals surface area contributed by atoms with Crippen molar-refractivity contribution >= 4 is 27.8 Å². The van der Waals surface area contributed by atoms with Crippen LogP contribution in [0.2, 0.25) is 0 Å². The first-order valence-electron chi connectivity index (χ1n) is 7.33. The van der Waals surface area contributed by atoms with Gasteiger partial charge in [0.2, 0.25) is 5.91 Å². The smallest absolute Gasteiger partial charge is 0.310 e. The molecular weight excluding hydrogens is 334 g/mol. The van der Waals surface area contributed by atoms with E-state index in [-0.39, 0.29) is 46.5 Å². The van der Waals surface area contributed by atoms with Crippen molar-refractivity contribution in [3.05, 3.63) is 35.9 Å². The van der Waals surface area contributed by atoms with Crippen LogP contribution in [-0.2, 0) is 20.9 Å². The first-order valence-corrected chi connectivity index (χ1v) is 8.24. The van der Waals surface area contributed by atoms with Crippen LogP contribution in [0.5, 0.6) is 0 Å². The second-order valence-corrected chi connectivity index (χ2v) is 7.22. The number of carbonyl (C=O) groups is 2. The van der Waals surface area contributed by atoms with Gasteiger partial charge in [-0.1, -0.05) is 46.3 Å². The summed E-state index contributed by atoms with van der Waals surface area (Å²) in [4.78, 5) is 24.7. The van der Waals surface area contributed by atoms with E-state index in [1.165, 1.54) is 0 Å². The molecule has 6 atom stereocenters. The van der Waals surface area contributed by atoms with Gasteiger partial charge in [0.05, 0.1) is 16.7 Å². The molecule has 1 aromatic rings. The minimum absolute atomic E-state index is 0.0156. The lowest BCUT2D eigenvalue weighted by atomic mass is 9.79. The number of rotatable bonds is 3. The molecule has 0 aromatic heterocycles. The Morgan fingerprint density at radius 2 is 2.05 bits per heavy atom. The second-order valence-electron chi connectivity index (χ2n) is 6.16. The quantitative estimate of drug-likeness (QED) is 0.669. The van der Waals surface area contributed by atoms with Crippen LogP contribution in [0.15, 0.2) is 30.3 Å². The molecule has 110 valence electrons. The number of halogens is 1. The summed E-state index contributed by atoms with van der Waals surface area (Å²) in [6, 6.07) is 9.81. The number of benzene rings is 1. The number of ether oxygens (including phenoxy) is 1. The lowest BCUT2D eigenvalue weighted by Crippen LogP contribution is -2.43. The molecule has 2 aliphatic carbocycles. The van der Waals surface area contributed by atoms with E-state index in [1.54, 1.807) is 0 Å². The number of amides is 1. The van der Waals surface area contributed by atoms with Gasteiger partial charge in [-0.05, 0) is 17.9 Å². The van der Waals surface area contributed by atoms with Crippen molar-refractivity contribution in [3.63, 3.8) is 0 Å². The molecule has 4 rings (SSSR count). The maximum atomic E-state index is 12.5. The third-order valence-corrected chi connectivity index (χ3v) is 6.34. The van der Waals surface area contributed by atoms with Crippen LogP contribution in [0.1, 0.15) is 12.0 Å². The average Bonchev–Trinajstić information content (AvgIpc) is 3.10. The Morgan fingerprint density at radius 3 is 2.81 bits per heavy atom. The highest BCUT2D eigenvalue weighted by Gasteiger charge is 2.67. The standard InChI is InChI=1S/C16H16BrNO3/c17-13-9-6-10-12(16(20)21-14(10)13)11(9)15(19)18-7-8-4-2-1-3-5-8/h1-5,9-14H,6-7H2,(H,18,19)/t9-,10-,11-,12-,13-,14+/m1/s1. The van der Waals surface area contributed by atoms with Crippen LogP contribution in [-0.4, -0.2) is 22.8 Å². The summed E-state index contributed by atoms with van der Waals surface area (Å²) in [5.41, 5.74) is 1.07. The van der Waals surface area contributed by atoms with Gasteiger partial charge >= 0.3 is 5.97 Å². The van der Waals surface area contributed by atoms with E-state index >= 15 is 0 Å². The first-order chi connectivity index (χ1) is 10.2. The molecule has 3 aliphatic rings. The monoisotopic (exact) mass is 349 g/mol. The highest BCUT2D eigenvalue weighted by molar-refractivity contribution is 9.09. The molecule has 1 saturated heterocycles. The molecule has 2 bridgehead atoms. The van der Waals surface area contributed by atoms with Crippen LogP contribution < -0.4 is 5.32 Å². The zero-order chi connectivity index (χ0) is 14.6. The fourth-order valence-electron chi connectivity index (χ4n) is 4.23. The van der Waals surface area contributed by atoms with E-state index in [2.05, 4.69) is 21.2 Å². The number of carbonyl (C=O) groups excluding carboxylic acids is 2. The highest BCUT2D eigenvalue weighted by atomic mass is 79.9. The zero-order valence-corrected chi connectivity index (χ0v) is 13.0. The number of esters is 1. The van der Waals surface area contributed by atoms with Crippen LogP contribution in [0, 0.1) is 23.7 Å². The molecule has 2 saturated carbocycles. The predicted octanol–water partition coefficient (Wildman–Crippen LogP) is 1.87. The van der Waals surface area contributed by atoms with Crippen molar-refractivity contribution in [3.8, 4) is 0 Å². The van der Waals surface area contributed by atoms with Gasteiger partial charge in [-0.3, -0.25) is 9.59 Å². The summed E-state index contributed by atoms with van der Waals surface area (Å²) in [6.45, 7) is 0.506. The van der Waals surface area contributed by atoms with Crippen molar-refractivity contribution in [2.45, 2.75) is 23.9 Å². The Kier molecular flexibility index (Phi) is 3.06. The third kappa shape index (κ3) is 1.94. The Labute approximate surface area is 131 Å². The molecule has 4 nitrogen and oxygen atoms in total. The maximum absolute atomic E-state index is 12.5. The van der Waals surface area contributed by atoms with Gasteiger partial charge in [0.15, 0.2) is 0 Å². The SMILES string of the molecule is O=C(NCc1ccccc1)[C@@H]1[C@H]2C[C@H]3[C@H](OC(=O)[C@H]31)[C@@H]2Br. The summed E-state index contributed by atoms with van der Waals surface area (Å²) in [7, 11) is 0. The number of alkyl halides is 1. The number of fused-ring (bicyclic) bond motifs is 1. The second kappa shape index (κ2) is 4.83. The molecule has 3 fully saturated rings. The van der Waals surface area contributed by atoms with E-state index in [0.29, 0.717) is 6.54 Å². The van der Waals surface area contributed by atoms with Crippen LogP contribution >= 0.6 is 15.9 Å². The maximum Gasteiger partial charge on any atom is 0.310 e. The molecule has 1 aromatic carbocycles. The van der Waals surface area contributed by atoms with Crippen LogP contribution in [0.25, 0.3) is 0 Å². The lowest BCUT2D eigenvalue weighted by molar-refractivity contribution is -0.145. The van der Waals surface area contributed by atoms with E-state index in [4.69, 9.17) is 4.74 Å². The molecular formula is C16H16BrNO3. The fraction of sp³-hybridized carbons (Fsp3) is 0.500. The van der Waals surface area contributed by atoms with Crippen LogP contribution in [0.4, 0.5) is 0 Å². The lowest BCUT2D eigenvalue weighted by Gasteiger charge is -2.27. The largest absolute Gasteiger partial charge is 0.461 e. The van der Waals surface area contributed by atoms with Crippen molar-refractivity contribution in [1.82, 2.24) is 5.32 Å². The fourth-order valence-corrected chi connectivity index (χ4v) is 5.28. The van der Waals surface area contributed by atoms with E-state index in [1.807, 2.05) is 30.3 Å². The van der Waals surface area contributed by atoms with Gasteiger partial charge < -0.3 is 10.1 Å². The van der Waals surface area contributed by atoms with Gasteiger partial charge in [0.25, 0.3) is 0 Å². The molecule has 5 heteroatoms. The van der Waals surface area contributed by atoms with Crippen molar-refractivity contribution in [2.24, 2.45) is 23.7 Å². The predicted molar refractivity (Wildman–Crippen MR) is 79.5 cm³/mol. The Morgan fingerprint density at radius 1 is 1.29 bits per heavy atom. The van der Waals surface area contributed by atoms with Crippen molar-refractivity contribution in [2.75, 3.05) is 0 Å². The van der Waals surface area contributed by atoms with E-state index in [0.717, 1.165) is 12.0 Å². The number of nitrogens with one attached hydrogen (secondary N) is 1. The van der Waals surface area contributed by atoms with Crippen LogP contribution in [0.3, 0.4) is 0 Å². The summed E-state index contributed by atoms with van der Waals surface area (Å²) >= 11 is 3.62. The normalized spacial score (nSPS) is 39.4. The van der Waals surface area contributed by atoms with Gasteiger partial charge in [0, 0.05) is 12.5 Å². The van der Waals surface area contributed by atoms with Gasteiger partial charge in [-0.2, -0.15) is 0 Å².